The monoisotopic (exact) mass is 331 g/mol. The predicted molar refractivity (Wildman–Crippen MR) is 94.7 cm³/mol. The molecule has 5 nitrogen and oxygen atoms in total. The molecule has 1 aromatic rings. The number of carbonyl (C=O) groups is 1. The van der Waals surface area contributed by atoms with Gasteiger partial charge in [-0.2, -0.15) is 0 Å². The summed E-state index contributed by atoms with van der Waals surface area (Å²) in [6, 6.07) is 8.69. The molecule has 0 unspecified atom stereocenters. The average molecular weight is 331 g/mol. The van der Waals surface area contributed by atoms with E-state index in [4.69, 9.17) is 0 Å². The van der Waals surface area contributed by atoms with Gasteiger partial charge in [0.25, 0.3) is 0 Å². The number of aliphatic hydroxyl groups excluding tert-OH is 1. The second-order valence-electron chi connectivity index (χ2n) is 7.03. The van der Waals surface area contributed by atoms with Crippen LogP contribution in [0, 0.1) is 6.92 Å². The Morgan fingerprint density at radius 2 is 1.92 bits per heavy atom. The number of benzene rings is 1. The van der Waals surface area contributed by atoms with E-state index in [1.165, 1.54) is 11.1 Å². The van der Waals surface area contributed by atoms with Gasteiger partial charge in [0.05, 0.1) is 13.2 Å². The lowest BCUT2D eigenvalue weighted by atomic mass is 10.1. The third-order valence-electron chi connectivity index (χ3n) is 5.43. The highest BCUT2D eigenvalue weighted by Crippen LogP contribution is 2.17. The van der Waals surface area contributed by atoms with Gasteiger partial charge < -0.3 is 10.0 Å². The third kappa shape index (κ3) is 4.15. The van der Waals surface area contributed by atoms with Crippen molar-refractivity contribution in [2.24, 2.45) is 0 Å². The molecule has 0 aromatic heterocycles. The number of rotatable bonds is 5. The summed E-state index contributed by atoms with van der Waals surface area (Å²) < 4.78 is 0. The zero-order chi connectivity index (χ0) is 16.9. The van der Waals surface area contributed by atoms with Crippen molar-refractivity contribution in [3.8, 4) is 0 Å². The van der Waals surface area contributed by atoms with E-state index in [0.717, 1.165) is 52.1 Å². The summed E-state index contributed by atoms with van der Waals surface area (Å²) >= 11 is 0. The number of carbonyl (C=O) groups excluding carboxylic acids is 1. The molecule has 2 fully saturated rings. The van der Waals surface area contributed by atoms with Crippen molar-refractivity contribution in [3.63, 3.8) is 0 Å². The van der Waals surface area contributed by atoms with Crippen LogP contribution in [-0.4, -0.2) is 77.6 Å². The van der Waals surface area contributed by atoms with Crippen molar-refractivity contribution in [2.45, 2.75) is 32.4 Å². The third-order valence-corrected chi connectivity index (χ3v) is 5.43. The summed E-state index contributed by atoms with van der Waals surface area (Å²) in [6.45, 7) is 8.17. The van der Waals surface area contributed by atoms with Gasteiger partial charge in [-0.15, -0.1) is 0 Å². The number of hydrogen-bond acceptors (Lipinski definition) is 4. The first-order valence-corrected chi connectivity index (χ1v) is 9.07. The Morgan fingerprint density at radius 3 is 2.62 bits per heavy atom. The quantitative estimate of drug-likeness (QED) is 0.878. The predicted octanol–water partition coefficient (Wildman–Crippen LogP) is 1.10. The van der Waals surface area contributed by atoms with Crippen LogP contribution < -0.4 is 0 Å². The lowest BCUT2D eigenvalue weighted by molar-refractivity contribution is -0.134. The van der Waals surface area contributed by atoms with E-state index in [1.54, 1.807) is 0 Å². The van der Waals surface area contributed by atoms with Crippen LogP contribution in [0.5, 0.6) is 0 Å². The molecule has 2 aliphatic rings. The highest BCUT2D eigenvalue weighted by molar-refractivity contribution is 5.78. The van der Waals surface area contributed by atoms with Crippen LogP contribution in [0.1, 0.15) is 24.0 Å². The van der Waals surface area contributed by atoms with E-state index in [0.29, 0.717) is 6.54 Å². The molecule has 0 saturated carbocycles. The maximum absolute atomic E-state index is 12.5. The number of likely N-dealkylation sites (tertiary alicyclic amines) is 1. The molecule has 0 bridgehead atoms. The number of aryl methyl sites for hydroxylation is 1. The SMILES string of the molecule is Cc1ccccc1CN1CCN(C(=O)CN2CCC[C@@H]2CO)CC1. The summed E-state index contributed by atoms with van der Waals surface area (Å²) in [6.07, 6.45) is 2.09. The van der Waals surface area contributed by atoms with Gasteiger partial charge in [-0.05, 0) is 37.4 Å². The van der Waals surface area contributed by atoms with E-state index in [1.807, 2.05) is 4.90 Å². The van der Waals surface area contributed by atoms with Crippen molar-refractivity contribution in [3.05, 3.63) is 35.4 Å². The fraction of sp³-hybridized carbons (Fsp3) is 0.632. The van der Waals surface area contributed by atoms with Crippen LogP contribution in [0.2, 0.25) is 0 Å². The van der Waals surface area contributed by atoms with Crippen LogP contribution in [0.15, 0.2) is 24.3 Å². The van der Waals surface area contributed by atoms with E-state index in [2.05, 4.69) is 41.0 Å². The van der Waals surface area contributed by atoms with Gasteiger partial charge in [0.1, 0.15) is 0 Å². The highest BCUT2D eigenvalue weighted by atomic mass is 16.3. The molecular weight excluding hydrogens is 302 g/mol. The van der Waals surface area contributed by atoms with E-state index in [9.17, 15) is 9.90 Å². The number of nitrogens with zero attached hydrogens (tertiary/aromatic N) is 3. The van der Waals surface area contributed by atoms with Gasteiger partial charge in [0, 0.05) is 38.8 Å². The Morgan fingerprint density at radius 1 is 1.17 bits per heavy atom. The molecule has 1 N–H and O–H groups in total. The van der Waals surface area contributed by atoms with Crippen molar-refractivity contribution in [1.29, 1.82) is 0 Å². The minimum Gasteiger partial charge on any atom is -0.395 e. The summed E-state index contributed by atoms with van der Waals surface area (Å²) in [5.74, 6) is 0.214. The second-order valence-corrected chi connectivity index (χ2v) is 7.03. The van der Waals surface area contributed by atoms with Crippen LogP contribution in [0.25, 0.3) is 0 Å². The Hall–Kier alpha value is -1.43. The summed E-state index contributed by atoms with van der Waals surface area (Å²) in [5, 5.41) is 9.38. The molecule has 1 amide bonds. The molecule has 5 heteroatoms. The molecule has 0 spiro atoms. The molecule has 2 aliphatic heterocycles. The van der Waals surface area contributed by atoms with E-state index >= 15 is 0 Å². The molecule has 2 saturated heterocycles. The summed E-state index contributed by atoms with van der Waals surface area (Å²) in [4.78, 5) is 19.1. The first kappa shape index (κ1) is 17.4. The van der Waals surface area contributed by atoms with Crippen molar-refractivity contribution < 1.29 is 9.90 Å². The number of amides is 1. The van der Waals surface area contributed by atoms with Crippen LogP contribution in [0.4, 0.5) is 0 Å². The Balaban J connectivity index is 1.46. The van der Waals surface area contributed by atoms with Crippen molar-refractivity contribution in [2.75, 3.05) is 45.9 Å². The largest absolute Gasteiger partial charge is 0.395 e. The molecule has 24 heavy (non-hydrogen) atoms. The van der Waals surface area contributed by atoms with Gasteiger partial charge in [0.2, 0.25) is 5.91 Å². The Labute approximate surface area is 144 Å². The molecule has 0 aliphatic carbocycles. The maximum Gasteiger partial charge on any atom is 0.236 e. The molecule has 2 heterocycles. The lowest BCUT2D eigenvalue weighted by Crippen LogP contribution is -2.51. The zero-order valence-corrected chi connectivity index (χ0v) is 14.7. The van der Waals surface area contributed by atoms with Gasteiger partial charge in [0.15, 0.2) is 0 Å². The summed E-state index contributed by atoms with van der Waals surface area (Å²) in [5.41, 5.74) is 2.71. The van der Waals surface area contributed by atoms with E-state index in [-0.39, 0.29) is 18.6 Å². The fourth-order valence-electron chi connectivity index (χ4n) is 3.77. The standard InChI is InChI=1S/C19H29N3O2/c1-16-5-2-3-6-17(16)13-20-9-11-21(12-10-20)19(24)14-22-8-4-7-18(22)15-23/h2-3,5-6,18,23H,4,7-15H2,1H3/t18-/m1/s1. The number of hydrogen-bond donors (Lipinski definition) is 1. The fourth-order valence-corrected chi connectivity index (χ4v) is 3.77. The number of aliphatic hydroxyl groups is 1. The molecule has 132 valence electrons. The second kappa shape index (κ2) is 8.10. The van der Waals surface area contributed by atoms with Gasteiger partial charge in [-0.1, -0.05) is 24.3 Å². The maximum atomic E-state index is 12.5. The van der Waals surface area contributed by atoms with Crippen LogP contribution >= 0.6 is 0 Å². The Kier molecular flexibility index (Phi) is 5.87. The van der Waals surface area contributed by atoms with Gasteiger partial charge in [-0.3, -0.25) is 14.6 Å². The Bertz CT molecular complexity index is 555. The molecule has 3 rings (SSSR count). The lowest BCUT2D eigenvalue weighted by Gasteiger charge is -2.36. The van der Waals surface area contributed by atoms with E-state index < -0.39 is 0 Å². The topological polar surface area (TPSA) is 47.0 Å². The van der Waals surface area contributed by atoms with Crippen LogP contribution in [0.3, 0.4) is 0 Å². The minimum absolute atomic E-state index is 0.164. The highest BCUT2D eigenvalue weighted by Gasteiger charge is 2.28. The molecular formula is C19H29N3O2. The van der Waals surface area contributed by atoms with Crippen molar-refractivity contribution >= 4 is 5.91 Å². The van der Waals surface area contributed by atoms with Crippen molar-refractivity contribution in [1.82, 2.24) is 14.7 Å². The first-order chi connectivity index (χ1) is 11.7. The van der Waals surface area contributed by atoms with Gasteiger partial charge in [-0.25, -0.2) is 0 Å². The first-order valence-electron chi connectivity index (χ1n) is 9.07. The van der Waals surface area contributed by atoms with Gasteiger partial charge >= 0.3 is 0 Å². The summed E-state index contributed by atoms with van der Waals surface area (Å²) in [7, 11) is 0. The average Bonchev–Trinajstić information content (AvgIpc) is 3.04. The molecule has 1 atom stereocenters. The molecule has 1 aromatic carbocycles. The normalized spacial score (nSPS) is 22.9. The molecule has 0 radical (unpaired) electrons. The number of piperazine rings is 1. The minimum atomic E-state index is 0.164. The zero-order valence-electron chi connectivity index (χ0n) is 14.7. The smallest absolute Gasteiger partial charge is 0.236 e. The van der Waals surface area contributed by atoms with Crippen LogP contribution in [-0.2, 0) is 11.3 Å².